The van der Waals surface area contributed by atoms with E-state index < -0.39 is 0 Å². The van der Waals surface area contributed by atoms with Crippen molar-refractivity contribution in [1.29, 1.82) is 0 Å². The number of hydrogen-bond donors (Lipinski definition) is 1. The molecule has 0 spiro atoms. The van der Waals surface area contributed by atoms with Crippen LogP contribution in [0.2, 0.25) is 0 Å². The highest BCUT2D eigenvalue weighted by Crippen LogP contribution is 2.40. The van der Waals surface area contributed by atoms with Gasteiger partial charge in [0.1, 0.15) is 5.76 Å². The quantitative estimate of drug-likeness (QED) is 0.520. The SMILES string of the molecule is CCC(CC)(CC)C(O)=CC(=O)C1CCC(C)(C)CC1. The fourth-order valence-electron chi connectivity index (χ4n) is 3.38. The largest absolute Gasteiger partial charge is 0.512 e. The Balaban J connectivity index is 2.76. The lowest BCUT2D eigenvalue weighted by Crippen LogP contribution is -2.27. The summed E-state index contributed by atoms with van der Waals surface area (Å²) in [7, 11) is 0. The summed E-state index contributed by atoms with van der Waals surface area (Å²) >= 11 is 0. The smallest absolute Gasteiger partial charge is 0.162 e. The summed E-state index contributed by atoms with van der Waals surface area (Å²) in [5.41, 5.74) is 0.173. The first-order valence-corrected chi connectivity index (χ1v) is 8.25. The van der Waals surface area contributed by atoms with Gasteiger partial charge in [-0.3, -0.25) is 4.79 Å². The first-order valence-electron chi connectivity index (χ1n) is 8.25. The number of aliphatic hydroxyl groups is 1. The first kappa shape index (κ1) is 17.3. The van der Waals surface area contributed by atoms with Crippen LogP contribution in [0.3, 0.4) is 0 Å². The molecule has 0 aromatic rings. The van der Waals surface area contributed by atoms with Gasteiger partial charge in [0.05, 0.1) is 0 Å². The van der Waals surface area contributed by atoms with Crippen LogP contribution in [0.5, 0.6) is 0 Å². The van der Waals surface area contributed by atoms with Crippen LogP contribution < -0.4 is 0 Å². The molecule has 2 nitrogen and oxygen atoms in total. The zero-order chi connectivity index (χ0) is 15.4. The molecule has 0 amide bonds. The van der Waals surface area contributed by atoms with Crippen molar-refractivity contribution in [3.8, 4) is 0 Å². The highest BCUT2D eigenvalue weighted by Gasteiger charge is 2.33. The van der Waals surface area contributed by atoms with E-state index in [-0.39, 0.29) is 17.1 Å². The molecule has 1 aliphatic carbocycles. The molecule has 0 aromatic carbocycles. The van der Waals surface area contributed by atoms with Gasteiger partial charge in [0.2, 0.25) is 0 Å². The van der Waals surface area contributed by atoms with Crippen LogP contribution in [0.25, 0.3) is 0 Å². The number of allylic oxidation sites excluding steroid dienone is 2. The van der Waals surface area contributed by atoms with E-state index in [4.69, 9.17) is 0 Å². The molecule has 0 saturated heterocycles. The minimum absolute atomic E-state index is 0.119. The van der Waals surface area contributed by atoms with Crippen LogP contribution in [0, 0.1) is 16.7 Å². The predicted octanol–water partition coefficient (Wildman–Crippen LogP) is 5.43. The van der Waals surface area contributed by atoms with Crippen molar-refractivity contribution in [3.05, 3.63) is 11.8 Å². The molecule has 1 aliphatic rings. The van der Waals surface area contributed by atoms with Crippen LogP contribution in [0.15, 0.2) is 11.8 Å². The summed E-state index contributed by atoms with van der Waals surface area (Å²) in [6.45, 7) is 10.8. The topological polar surface area (TPSA) is 37.3 Å². The van der Waals surface area contributed by atoms with Crippen LogP contribution >= 0.6 is 0 Å². The molecular formula is C18H32O2. The van der Waals surface area contributed by atoms with Gasteiger partial charge in [0.25, 0.3) is 0 Å². The van der Waals surface area contributed by atoms with E-state index in [9.17, 15) is 9.90 Å². The Morgan fingerprint density at radius 3 is 2.00 bits per heavy atom. The summed E-state index contributed by atoms with van der Waals surface area (Å²) < 4.78 is 0. The summed E-state index contributed by atoms with van der Waals surface area (Å²) in [5.74, 6) is 0.561. The van der Waals surface area contributed by atoms with Gasteiger partial charge in [-0.25, -0.2) is 0 Å². The Morgan fingerprint density at radius 2 is 1.60 bits per heavy atom. The maximum atomic E-state index is 12.4. The lowest BCUT2D eigenvalue weighted by Gasteiger charge is -2.34. The minimum atomic E-state index is -0.205. The van der Waals surface area contributed by atoms with Gasteiger partial charge in [-0.15, -0.1) is 0 Å². The molecule has 0 radical (unpaired) electrons. The van der Waals surface area contributed by atoms with Crippen molar-refractivity contribution in [2.75, 3.05) is 0 Å². The van der Waals surface area contributed by atoms with Crippen molar-refractivity contribution in [1.82, 2.24) is 0 Å². The molecule has 0 unspecified atom stereocenters. The summed E-state index contributed by atoms with van der Waals surface area (Å²) in [6, 6.07) is 0. The number of ketones is 1. The van der Waals surface area contributed by atoms with E-state index in [0.29, 0.717) is 11.2 Å². The van der Waals surface area contributed by atoms with Crippen molar-refractivity contribution in [3.63, 3.8) is 0 Å². The first-order chi connectivity index (χ1) is 9.30. The van der Waals surface area contributed by atoms with Crippen molar-refractivity contribution in [2.24, 2.45) is 16.7 Å². The minimum Gasteiger partial charge on any atom is -0.512 e. The number of hydrogen-bond acceptors (Lipinski definition) is 2. The van der Waals surface area contributed by atoms with E-state index >= 15 is 0 Å². The molecular weight excluding hydrogens is 248 g/mol. The van der Waals surface area contributed by atoms with E-state index in [1.54, 1.807) is 6.08 Å². The highest BCUT2D eigenvalue weighted by atomic mass is 16.3. The lowest BCUT2D eigenvalue weighted by atomic mass is 9.71. The number of aliphatic hydroxyl groups excluding tert-OH is 1. The average molecular weight is 280 g/mol. The molecule has 2 heteroatoms. The molecule has 20 heavy (non-hydrogen) atoms. The van der Waals surface area contributed by atoms with Gasteiger partial charge in [0.15, 0.2) is 5.78 Å². The van der Waals surface area contributed by atoms with Gasteiger partial charge >= 0.3 is 0 Å². The van der Waals surface area contributed by atoms with E-state index in [0.717, 1.165) is 44.9 Å². The Morgan fingerprint density at radius 1 is 1.15 bits per heavy atom. The zero-order valence-electron chi connectivity index (χ0n) is 14.0. The molecule has 116 valence electrons. The monoisotopic (exact) mass is 280 g/mol. The number of carbonyl (C=O) groups is 1. The molecule has 1 saturated carbocycles. The molecule has 1 fully saturated rings. The lowest BCUT2D eigenvalue weighted by molar-refractivity contribution is -0.119. The maximum absolute atomic E-state index is 12.4. The third-order valence-electron chi connectivity index (χ3n) is 5.59. The third-order valence-corrected chi connectivity index (χ3v) is 5.59. The second kappa shape index (κ2) is 6.78. The van der Waals surface area contributed by atoms with Crippen molar-refractivity contribution < 1.29 is 9.90 Å². The Labute approximate surface area is 124 Å². The molecule has 0 aliphatic heterocycles. The van der Waals surface area contributed by atoms with E-state index in [2.05, 4.69) is 34.6 Å². The summed E-state index contributed by atoms with van der Waals surface area (Å²) in [4.78, 5) is 12.4. The number of carbonyl (C=O) groups excluding carboxylic acids is 1. The number of rotatable bonds is 6. The van der Waals surface area contributed by atoms with Gasteiger partial charge in [-0.05, 0) is 50.4 Å². The molecule has 1 N–H and O–H groups in total. The molecule has 1 rings (SSSR count). The zero-order valence-corrected chi connectivity index (χ0v) is 14.0. The average Bonchev–Trinajstić information content (AvgIpc) is 2.41. The third kappa shape index (κ3) is 3.86. The van der Waals surface area contributed by atoms with Crippen LogP contribution in [0.1, 0.15) is 79.6 Å². The second-order valence-electron chi connectivity index (χ2n) is 7.21. The van der Waals surface area contributed by atoms with Crippen molar-refractivity contribution in [2.45, 2.75) is 79.6 Å². The highest BCUT2D eigenvalue weighted by molar-refractivity contribution is 5.92. The Kier molecular flexibility index (Phi) is 5.85. The van der Waals surface area contributed by atoms with Gasteiger partial charge in [0, 0.05) is 17.4 Å². The van der Waals surface area contributed by atoms with E-state index in [1.165, 1.54) is 0 Å². The van der Waals surface area contributed by atoms with Crippen molar-refractivity contribution >= 4 is 5.78 Å². The molecule has 0 bridgehead atoms. The van der Waals surface area contributed by atoms with Crippen LogP contribution in [-0.4, -0.2) is 10.9 Å². The molecule has 0 heterocycles. The Hall–Kier alpha value is -0.790. The van der Waals surface area contributed by atoms with E-state index in [1.807, 2.05) is 0 Å². The fourth-order valence-corrected chi connectivity index (χ4v) is 3.38. The fraction of sp³-hybridized carbons (Fsp3) is 0.833. The normalized spacial score (nSPS) is 20.9. The van der Waals surface area contributed by atoms with Crippen LogP contribution in [-0.2, 0) is 4.79 Å². The second-order valence-corrected chi connectivity index (χ2v) is 7.21. The van der Waals surface area contributed by atoms with Gasteiger partial charge in [-0.2, -0.15) is 0 Å². The van der Waals surface area contributed by atoms with Crippen LogP contribution in [0.4, 0.5) is 0 Å². The summed E-state index contributed by atoms with van der Waals surface area (Å²) in [6.07, 6.45) is 8.34. The molecule has 0 aromatic heterocycles. The van der Waals surface area contributed by atoms with Gasteiger partial charge in [-0.1, -0.05) is 34.6 Å². The standard InChI is InChI=1S/C18H32O2/c1-6-18(7-2,8-3)16(20)13-15(19)14-9-11-17(4,5)12-10-14/h13-14,20H,6-12H2,1-5H3. The van der Waals surface area contributed by atoms with Gasteiger partial charge < -0.3 is 5.11 Å². The molecule has 0 atom stereocenters. The maximum Gasteiger partial charge on any atom is 0.162 e. The Bertz CT molecular complexity index is 343. The summed E-state index contributed by atoms with van der Waals surface area (Å²) in [5, 5.41) is 10.4. The predicted molar refractivity (Wildman–Crippen MR) is 84.8 cm³/mol.